The first-order valence-corrected chi connectivity index (χ1v) is 7.43. The quantitative estimate of drug-likeness (QED) is 0.745. The Morgan fingerprint density at radius 3 is 2.74 bits per heavy atom. The second kappa shape index (κ2) is 5.79. The molecule has 2 aliphatic rings. The lowest BCUT2D eigenvalue weighted by Crippen LogP contribution is -2.36. The zero-order valence-corrected chi connectivity index (χ0v) is 11.7. The maximum atomic E-state index is 5.49. The lowest BCUT2D eigenvalue weighted by atomic mass is 10.0. The van der Waals surface area contributed by atoms with E-state index >= 15 is 0 Å². The van der Waals surface area contributed by atoms with Crippen LogP contribution in [0.3, 0.4) is 0 Å². The van der Waals surface area contributed by atoms with Crippen LogP contribution in [0.25, 0.3) is 0 Å². The predicted octanol–water partition coefficient (Wildman–Crippen LogP) is 3.77. The summed E-state index contributed by atoms with van der Waals surface area (Å²) in [4.78, 5) is 2.67. The zero-order chi connectivity index (χ0) is 13.1. The monoisotopic (exact) mass is 257 g/mol. The fourth-order valence-corrected chi connectivity index (χ4v) is 3.02. The maximum Gasteiger partial charge on any atom is 0.123 e. The number of nitrogens with zero attached hydrogens (tertiary/aromatic N) is 1. The van der Waals surface area contributed by atoms with E-state index in [2.05, 4.69) is 35.3 Å². The molecule has 2 heteroatoms. The number of allylic oxidation sites excluding steroid dienone is 1. The lowest BCUT2D eigenvalue weighted by molar-refractivity contribution is 0.192. The average Bonchev–Trinajstić information content (AvgIpc) is 3.30. The molecule has 0 radical (unpaired) electrons. The van der Waals surface area contributed by atoms with Gasteiger partial charge in [0.25, 0.3) is 0 Å². The molecule has 0 saturated heterocycles. The molecule has 1 unspecified atom stereocenters. The van der Waals surface area contributed by atoms with E-state index in [1.807, 2.05) is 6.07 Å². The van der Waals surface area contributed by atoms with Crippen molar-refractivity contribution in [2.24, 2.45) is 0 Å². The van der Waals surface area contributed by atoms with Crippen LogP contribution in [0.1, 0.15) is 37.7 Å². The van der Waals surface area contributed by atoms with E-state index in [9.17, 15) is 0 Å². The number of ether oxygens (including phenoxy) is 1. The van der Waals surface area contributed by atoms with Crippen molar-refractivity contribution in [3.05, 3.63) is 42.0 Å². The van der Waals surface area contributed by atoms with Crippen molar-refractivity contribution in [1.29, 1.82) is 0 Å². The highest BCUT2D eigenvalue weighted by Crippen LogP contribution is 2.34. The summed E-state index contributed by atoms with van der Waals surface area (Å²) in [6, 6.07) is 9.84. The van der Waals surface area contributed by atoms with Gasteiger partial charge in [-0.25, -0.2) is 0 Å². The SMILES string of the molecule is COc1ccccc1CN(C1C=CCCC1)C1CC1. The molecule has 1 saturated carbocycles. The highest BCUT2D eigenvalue weighted by atomic mass is 16.5. The van der Waals surface area contributed by atoms with Gasteiger partial charge in [0.2, 0.25) is 0 Å². The molecule has 0 N–H and O–H groups in total. The Morgan fingerprint density at radius 2 is 2.05 bits per heavy atom. The molecule has 1 aromatic rings. The second-order valence-corrected chi connectivity index (χ2v) is 5.64. The van der Waals surface area contributed by atoms with Crippen molar-refractivity contribution in [3.63, 3.8) is 0 Å². The molecular weight excluding hydrogens is 234 g/mol. The molecular formula is C17H23NO. The summed E-state index contributed by atoms with van der Waals surface area (Å²) in [5.74, 6) is 1.02. The van der Waals surface area contributed by atoms with Gasteiger partial charge in [0.15, 0.2) is 0 Å². The summed E-state index contributed by atoms with van der Waals surface area (Å²) in [7, 11) is 1.76. The third kappa shape index (κ3) is 3.01. The normalized spacial score (nSPS) is 22.7. The molecule has 0 bridgehead atoms. The van der Waals surface area contributed by atoms with Crippen LogP contribution in [0.2, 0.25) is 0 Å². The van der Waals surface area contributed by atoms with Crippen LogP contribution in [-0.2, 0) is 6.54 Å². The van der Waals surface area contributed by atoms with Gasteiger partial charge in [-0.3, -0.25) is 4.90 Å². The van der Waals surface area contributed by atoms with E-state index in [1.54, 1.807) is 7.11 Å². The Kier molecular flexibility index (Phi) is 3.88. The minimum Gasteiger partial charge on any atom is -0.496 e. The molecule has 1 fully saturated rings. The number of hydrogen-bond acceptors (Lipinski definition) is 2. The number of benzene rings is 1. The van der Waals surface area contributed by atoms with Gasteiger partial charge < -0.3 is 4.74 Å². The van der Waals surface area contributed by atoms with E-state index < -0.39 is 0 Å². The number of methoxy groups -OCH3 is 1. The Labute approximate surface area is 116 Å². The summed E-state index contributed by atoms with van der Waals surface area (Å²) < 4.78 is 5.49. The van der Waals surface area contributed by atoms with Gasteiger partial charge in [0.1, 0.15) is 5.75 Å². The molecule has 102 valence electrons. The molecule has 0 aliphatic heterocycles. The van der Waals surface area contributed by atoms with Crippen LogP contribution >= 0.6 is 0 Å². The van der Waals surface area contributed by atoms with E-state index in [0.717, 1.165) is 18.3 Å². The average molecular weight is 257 g/mol. The van der Waals surface area contributed by atoms with Crippen molar-refractivity contribution in [2.75, 3.05) is 7.11 Å². The lowest BCUT2D eigenvalue weighted by Gasteiger charge is -2.32. The van der Waals surface area contributed by atoms with Crippen molar-refractivity contribution in [3.8, 4) is 5.75 Å². The fourth-order valence-electron chi connectivity index (χ4n) is 3.02. The molecule has 0 aromatic heterocycles. The summed E-state index contributed by atoms with van der Waals surface area (Å²) in [5, 5.41) is 0. The number of hydrogen-bond donors (Lipinski definition) is 0. The zero-order valence-electron chi connectivity index (χ0n) is 11.7. The Balaban J connectivity index is 1.77. The predicted molar refractivity (Wildman–Crippen MR) is 78.3 cm³/mol. The number of rotatable bonds is 5. The number of para-hydroxylation sites is 1. The van der Waals surface area contributed by atoms with E-state index in [0.29, 0.717) is 6.04 Å². The largest absolute Gasteiger partial charge is 0.496 e. The minimum atomic E-state index is 0.631. The molecule has 0 heterocycles. The van der Waals surface area contributed by atoms with Crippen LogP contribution in [0, 0.1) is 0 Å². The van der Waals surface area contributed by atoms with E-state index in [4.69, 9.17) is 4.74 Å². The Hall–Kier alpha value is -1.28. The molecule has 1 aromatic carbocycles. The van der Waals surface area contributed by atoms with Crippen LogP contribution in [0.5, 0.6) is 5.75 Å². The molecule has 0 spiro atoms. The Morgan fingerprint density at radius 1 is 1.21 bits per heavy atom. The van der Waals surface area contributed by atoms with Gasteiger partial charge in [-0.1, -0.05) is 30.4 Å². The fraction of sp³-hybridized carbons (Fsp3) is 0.529. The van der Waals surface area contributed by atoms with Crippen LogP contribution in [-0.4, -0.2) is 24.1 Å². The molecule has 0 amide bonds. The first kappa shape index (κ1) is 12.7. The highest BCUT2D eigenvalue weighted by molar-refractivity contribution is 5.33. The minimum absolute atomic E-state index is 0.631. The van der Waals surface area contributed by atoms with Crippen LogP contribution in [0.15, 0.2) is 36.4 Å². The first-order valence-electron chi connectivity index (χ1n) is 7.43. The summed E-state index contributed by atoms with van der Waals surface area (Å²) in [6.45, 7) is 1.02. The van der Waals surface area contributed by atoms with E-state index in [1.165, 1.54) is 37.7 Å². The van der Waals surface area contributed by atoms with Gasteiger partial charge in [-0.2, -0.15) is 0 Å². The molecule has 19 heavy (non-hydrogen) atoms. The summed E-state index contributed by atoms with van der Waals surface area (Å²) in [6.07, 6.45) is 11.4. The van der Waals surface area contributed by atoms with Crippen molar-refractivity contribution in [1.82, 2.24) is 4.90 Å². The second-order valence-electron chi connectivity index (χ2n) is 5.64. The molecule has 3 rings (SSSR count). The van der Waals surface area contributed by atoms with Gasteiger partial charge in [0.05, 0.1) is 7.11 Å². The van der Waals surface area contributed by atoms with Crippen molar-refractivity contribution < 1.29 is 4.74 Å². The summed E-state index contributed by atoms with van der Waals surface area (Å²) >= 11 is 0. The molecule has 1 atom stereocenters. The van der Waals surface area contributed by atoms with Crippen LogP contribution < -0.4 is 4.74 Å². The van der Waals surface area contributed by atoms with Crippen molar-refractivity contribution in [2.45, 2.75) is 50.7 Å². The van der Waals surface area contributed by atoms with Gasteiger partial charge in [0, 0.05) is 24.2 Å². The van der Waals surface area contributed by atoms with E-state index in [-0.39, 0.29) is 0 Å². The summed E-state index contributed by atoms with van der Waals surface area (Å²) in [5.41, 5.74) is 1.32. The first-order chi connectivity index (χ1) is 9.38. The topological polar surface area (TPSA) is 12.5 Å². The highest BCUT2D eigenvalue weighted by Gasteiger charge is 2.33. The van der Waals surface area contributed by atoms with Crippen LogP contribution in [0.4, 0.5) is 0 Å². The van der Waals surface area contributed by atoms with Gasteiger partial charge >= 0.3 is 0 Å². The standard InChI is InChI=1S/C17H23NO/c1-19-17-10-6-5-7-14(17)13-18(16-11-12-16)15-8-3-2-4-9-15/h3,5-8,10,15-16H,2,4,9,11-13H2,1H3. The smallest absolute Gasteiger partial charge is 0.123 e. The third-order valence-electron chi connectivity index (χ3n) is 4.22. The third-order valence-corrected chi connectivity index (χ3v) is 4.22. The van der Waals surface area contributed by atoms with Crippen molar-refractivity contribution >= 4 is 0 Å². The molecule has 2 nitrogen and oxygen atoms in total. The Bertz CT molecular complexity index is 450. The molecule has 2 aliphatic carbocycles. The van der Waals surface area contributed by atoms with Gasteiger partial charge in [-0.05, 0) is 38.2 Å². The van der Waals surface area contributed by atoms with Gasteiger partial charge in [-0.15, -0.1) is 0 Å². The maximum absolute atomic E-state index is 5.49.